The summed E-state index contributed by atoms with van der Waals surface area (Å²) in [7, 11) is 1.20. The van der Waals surface area contributed by atoms with E-state index in [4.69, 9.17) is 9.84 Å². The van der Waals surface area contributed by atoms with Gasteiger partial charge in [-0.15, -0.1) is 0 Å². The molecule has 1 saturated heterocycles. The minimum atomic E-state index is -1.05. The van der Waals surface area contributed by atoms with Gasteiger partial charge in [0.15, 0.2) is 0 Å². The molecule has 2 N–H and O–H groups in total. The lowest BCUT2D eigenvalue weighted by molar-refractivity contribution is -0.139. The van der Waals surface area contributed by atoms with Crippen LogP contribution in [0.3, 0.4) is 0 Å². The third-order valence-corrected chi connectivity index (χ3v) is 2.61. The first-order chi connectivity index (χ1) is 8.13. The van der Waals surface area contributed by atoms with Crippen LogP contribution in [0.2, 0.25) is 0 Å². The summed E-state index contributed by atoms with van der Waals surface area (Å²) in [6.45, 7) is 3.55. The van der Waals surface area contributed by atoms with Crippen LogP contribution in [0.25, 0.3) is 0 Å². The molecule has 1 aliphatic rings. The minimum Gasteiger partial charge on any atom is -0.480 e. The Hall–Kier alpha value is -1.34. The van der Waals surface area contributed by atoms with E-state index in [1.807, 2.05) is 0 Å². The third-order valence-electron chi connectivity index (χ3n) is 2.61. The Bertz CT molecular complexity index is 265. The van der Waals surface area contributed by atoms with Crippen molar-refractivity contribution in [2.45, 2.75) is 12.5 Å². The topological polar surface area (TPSA) is 88.1 Å². The summed E-state index contributed by atoms with van der Waals surface area (Å²) >= 11 is 0. The average molecular weight is 246 g/mol. The molecule has 0 aromatic carbocycles. The summed E-state index contributed by atoms with van der Waals surface area (Å²) in [5, 5.41) is 11.2. The number of alkyl carbamates (subject to hydrolysis) is 1. The predicted molar refractivity (Wildman–Crippen MR) is 58.8 cm³/mol. The van der Waals surface area contributed by atoms with Crippen LogP contribution in [0, 0.1) is 0 Å². The molecule has 1 rings (SSSR count). The van der Waals surface area contributed by atoms with Crippen molar-refractivity contribution in [3.63, 3.8) is 0 Å². The molecule has 0 aromatic rings. The van der Waals surface area contributed by atoms with Gasteiger partial charge in [0.25, 0.3) is 0 Å². The van der Waals surface area contributed by atoms with Gasteiger partial charge in [0.05, 0.1) is 20.3 Å². The predicted octanol–water partition coefficient (Wildman–Crippen LogP) is -0.482. The van der Waals surface area contributed by atoms with Crippen LogP contribution in [0.1, 0.15) is 6.42 Å². The van der Waals surface area contributed by atoms with Gasteiger partial charge in [-0.05, 0) is 6.42 Å². The second-order valence-corrected chi connectivity index (χ2v) is 3.77. The minimum absolute atomic E-state index is 0.352. The number of hydrogen-bond acceptors (Lipinski definition) is 5. The number of carboxylic acid groups (broad SMARTS) is 1. The van der Waals surface area contributed by atoms with Crippen LogP contribution in [0.15, 0.2) is 0 Å². The second kappa shape index (κ2) is 7.08. The van der Waals surface area contributed by atoms with Crippen LogP contribution < -0.4 is 5.32 Å². The van der Waals surface area contributed by atoms with E-state index in [1.54, 1.807) is 0 Å². The van der Waals surface area contributed by atoms with E-state index in [0.29, 0.717) is 26.2 Å². The Labute approximate surface area is 99.7 Å². The molecule has 0 aliphatic carbocycles. The molecular formula is C10H18N2O5. The highest BCUT2D eigenvalue weighted by Gasteiger charge is 2.21. The fraction of sp³-hybridized carbons (Fsp3) is 0.800. The number of amides is 1. The number of methoxy groups -OCH3 is 1. The van der Waals surface area contributed by atoms with E-state index in [1.165, 1.54) is 7.11 Å². The molecule has 17 heavy (non-hydrogen) atoms. The van der Waals surface area contributed by atoms with Crippen LogP contribution in [0.5, 0.6) is 0 Å². The van der Waals surface area contributed by atoms with Crippen molar-refractivity contribution in [1.29, 1.82) is 0 Å². The zero-order chi connectivity index (χ0) is 12.7. The van der Waals surface area contributed by atoms with Crippen molar-refractivity contribution < 1.29 is 24.2 Å². The van der Waals surface area contributed by atoms with Crippen molar-refractivity contribution in [3.8, 4) is 0 Å². The van der Waals surface area contributed by atoms with Crippen LogP contribution >= 0.6 is 0 Å². The molecule has 0 saturated carbocycles. The highest BCUT2D eigenvalue weighted by atomic mass is 16.5. The number of aliphatic carboxylic acids is 1. The standard InChI is InChI=1S/C10H18N2O5/c1-16-10(15)11-8(9(13)14)2-3-12-4-6-17-7-5-12/h8H,2-7H2,1H3,(H,11,15)(H,13,14). The lowest BCUT2D eigenvalue weighted by Crippen LogP contribution is -2.44. The molecule has 1 unspecified atom stereocenters. The Morgan fingerprint density at radius 3 is 2.65 bits per heavy atom. The zero-order valence-corrected chi connectivity index (χ0v) is 9.85. The first-order valence-corrected chi connectivity index (χ1v) is 5.51. The van der Waals surface area contributed by atoms with Gasteiger partial charge in [0.1, 0.15) is 6.04 Å². The zero-order valence-electron chi connectivity index (χ0n) is 9.85. The van der Waals surface area contributed by atoms with E-state index in [-0.39, 0.29) is 0 Å². The molecule has 7 heteroatoms. The second-order valence-electron chi connectivity index (χ2n) is 3.77. The van der Waals surface area contributed by atoms with Crippen molar-refractivity contribution >= 4 is 12.1 Å². The average Bonchev–Trinajstić information content (AvgIpc) is 2.35. The van der Waals surface area contributed by atoms with E-state index in [0.717, 1.165) is 13.1 Å². The molecule has 1 heterocycles. The van der Waals surface area contributed by atoms with Crippen LogP contribution in [0.4, 0.5) is 4.79 Å². The van der Waals surface area contributed by atoms with E-state index in [9.17, 15) is 9.59 Å². The highest BCUT2D eigenvalue weighted by Crippen LogP contribution is 2.01. The summed E-state index contributed by atoms with van der Waals surface area (Å²) in [6, 6.07) is -0.912. The molecule has 1 amide bonds. The largest absolute Gasteiger partial charge is 0.480 e. The molecule has 1 atom stereocenters. The Morgan fingerprint density at radius 1 is 1.47 bits per heavy atom. The molecule has 0 spiro atoms. The van der Waals surface area contributed by atoms with Crippen molar-refractivity contribution in [1.82, 2.24) is 10.2 Å². The molecule has 7 nitrogen and oxygen atoms in total. The number of nitrogens with zero attached hydrogens (tertiary/aromatic N) is 1. The monoisotopic (exact) mass is 246 g/mol. The lowest BCUT2D eigenvalue weighted by Gasteiger charge is -2.27. The van der Waals surface area contributed by atoms with Crippen molar-refractivity contribution in [3.05, 3.63) is 0 Å². The van der Waals surface area contributed by atoms with E-state index < -0.39 is 18.1 Å². The fourth-order valence-corrected chi connectivity index (χ4v) is 1.60. The summed E-state index contributed by atoms with van der Waals surface area (Å²) in [5.41, 5.74) is 0. The number of rotatable bonds is 5. The highest BCUT2D eigenvalue weighted by molar-refractivity contribution is 5.79. The van der Waals surface area contributed by atoms with E-state index >= 15 is 0 Å². The number of ether oxygens (including phenoxy) is 2. The molecule has 0 radical (unpaired) electrons. The quantitative estimate of drug-likeness (QED) is 0.681. The molecular weight excluding hydrogens is 228 g/mol. The number of morpholine rings is 1. The summed E-state index contributed by atoms with van der Waals surface area (Å²) in [6.07, 6.45) is -0.371. The fourth-order valence-electron chi connectivity index (χ4n) is 1.60. The maximum Gasteiger partial charge on any atom is 0.407 e. The van der Waals surface area contributed by atoms with Gasteiger partial charge in [-0.25, -0.2) is 9.59 Å². The Kier molecular flexibility index (Phi) is 5.71. The van der Waals surface area contributed by atoms with Gasteiger partial charge in [0, 0.05) is 19.6 Å². The maximum absolute atomic E-state index is 10.9. The first kappa shape index (κ1) is 13.7. The van der Waals surface area contributed by atoms with Gasteiger partial charge in [-0.1, -0.05) is 0 Å². The number of hydrogen-bond donors (Lipinski definition) is 2. The first-order valence-electron chi connectivity index (χ1n) is 5.51. The van der Waals surface area contributed by atoms with Crippen LogP contribution in [-0.4, -0.2) is 68.1 Å². The molecule has 1 aliphatic heterocycles. The number of carbonyl (C=O) groups is 2. The Morgan fingerprint density at radius 2 is 2.12 bits per heavy atom. The van der Waals surface area contributed by atoms with Gasteiger partial charge >= 0.3 is 12.1 Å². The summed E-state index contributed by atoms with van der Waals surface area (Å²) in [5.74, 6) is -1.05. The van der Waals surface area contributed by atoms with Gasteiger partial charge in [-0.2, -0.15) is 0 Å². The molecule has 0 bridgehead atoms. The number of carbonyl (C=O) groups excluding carboxylic acids is 1. The van der Waals surface area contributed by atoms with Gasteiger partial charge in [0.2, 0.25) is 0 Å². The maximum atomic E-state index is 10.9. The molecule has 0 aromatic heterocycles. The van der Waals surface area contributed by atoms with Gasteiger partial charge < -0.3 is 19.9 Å². The summed E-state index contributed by atoms with van der Waals surface area (Å²) < 4.78 is 9.56. The summed E-state index contributed by atoms with van der Waals surface area (Å²) in [4.78, 5) is 24.0. The van der Waals surface area contributed by atoms with Crippen LogP contribution in [-0.2, 0) is 14.3 Å². The third kappa shape index (κ3) is 5.01. The van der Waals surface area contributed by atoms with E-state index in [2.05, 4.69) is 15.0 Å². The smallest absolute Gasteiger partial charge is 0.407 e. The lowest BCUT2D eigenvalue weighted by atomic mass is 10.2. The number of nitrogens with one attached hydrogen (secondary N) is 1. The van der Waals surface area contributed by atoms with Crippen molar-refractivity contribution in [2.24, 2.45) is 0 Å². The Balaban J connectivity index is 2.32. The molecule has 1 fully saturated rings. The van der Waals surface area contributed by atoms with Gasteiger partial charge in [-0.3, -0.25) is 4.90 Å². The molecule has 98 valence electrons. The normalized spacial score (nSPS) is 18.4. The van der Waals surface area contributed by atoms with Crippen molar-refractivity contribution in [2.75, 3.05) is 40.0 Å². The SMILES string of the molecule is COC(=O)NC(CCN1CCOCC1)C(=O)O. The number of carboxylic acids is 1.